The van der Waals surface area contributed by atoms with Crippen molar-refractivity contribution in [2.75, 3.05) is 6.61 Å². The van der Waals surface area contributed by atoms with E-state index >= 15 is 0 Å². The van der Waals surface area contributed by atoms with E-state index in [0.717, 1.165) is 36.6 Å². The fourth-order valence-electron chi connectivity index (χ4n) is 3.05. The number of aromatic nitrogens is 1. The van der Waals surface area contributed by atoms with E-state index < -0.39 is 0 Å². The third kappa shape index (κ3) is 3.05. The molecule has 0 unspecified atom stereocenters. The zero-order valence-corrected chi connectivity index (χ0v) is 12.0. The number of carbonyl (C=O) groups excluding carboxylic acids is 1. The summed E-state index contributed by atoms with van der Waals surface area (Å²) in [5, 5.41) is 13.2. The standard InChI is InChI=1S/C17H20N2O2/c20-11-12-5-7-13(8-6-12)19-17(21)15-9-10-18-16-4-2-1-3-14(15)16/h1-4,9-10,12-13,20H,5-8,11H2,(H,19,21). The Morgan fingerprint density at radius 3 is 2.71 bits per heavy atom. The van der Waals surface area contributed by atoms with Crippen LogP contribution in [0.25, 0.3) is 10.9 Å². The fourth-order valence-corrected chi connectivity index (χ4v) is 3.05. The van der Waals surface area contributed by atoms with Gasteiger partial charge in [0.15, 0.2) is 0 Å². The summed E-state index contributed by atoms with van der Waals surface area (Å²) in [4.78, 5) is 16.8. The van der Waals surface area contributed by atoms with Crippen molar-refractivity contribution in [3.05, 3.63) is 42.1 Å². The summed E-state index contributed by atoms with van der Waals surface area (Å²) >= 11 is 0. The van der Waals surface area contributed by atoms with Crippen LogP contribution in [-0.2, 0) is 0 Å². The molecule has 0 saturated heterocycles. The Labute approximate surface area is 124 Å². The Balaban J connectivity index is 1.73. The summed E-state index contributed by atoms with van der Waals surface area (Å²) < 4.78 is 0. The molecule has 4 nitrogen and oxygen atoms in total. The molecule has 2 aromatic rings. The molecule has 0 aliphatic heterocycles. The van der Waals surface area contributed by atoms with Gasteiger partial charge >= 0.3 is 0 Å². The zero-order valence-electron chi connectivity index (χ0n) is 12.0. The first-order valence-electron chi connectivity index (χ1n) is 7.53. The normalized spacial score (nSPS) is 22.1. The number of aliphatic hydroxyl groups excluding tert-OH is 1. The lowest BCUT2D eigenvalue weighted by Crippen LogP contribution is -2.38. The van der Waals surface area contributed by atoms with E-state index in [9.17, 15) is 4.79 Å². The molecular weight excluding hydrogens is 264 g/mol. The minimum absolute atomic E-state index is 0.0268. The molecule has 110 valence electrons. The molecule has 1 heterocycles. The molecule has 0 spiro atoms. The first kappa shape index (κ1) is 14.0. The smallest absolute Gasteiger partial charge is 0.252 e. The van der Waals surface area contributed by atoms with Gasteiger partial charge in [-0.05, 0) is 43.7 Å². The largest absolute Gasteiger partial charge is 0.396 e. The van der Waals surface area contributed by atoms with Crippen LogP contribution in [0.4, 0.5) is 0 Å². The number of para-hydroxylation sites is 1. The van der Waals surface area contributed by atoms with Gasteiger partial charge in [0.25, 0.3) is 5.91 Å². The number of benzene rings is 1. The molecule has 1 aliphatic carbocycles. The molecule has 4 heteroatoms. The van der Waals surface area contributed by atoms with Gasteiger partial charge in [0.05, 0.1) is 11.1 Å². The van der Waals surface area contributed by atoms with Gasteiger partial charge in [-0.2, -0.15) is 0 Å². The number of hydrogen-bond acceptors (Lipinski definition) is 3. The second kappa shape index (κ2) is 6.22. The van der Waals surface area contributed by atoms with Crippen LogP contribution < -0.4 is 5.32 Å². The number of rotatable bonds is 3. The predicted octanol–water partition coefficient (Wildman–Crippen LogP) is 2.52. The molecule has 1 aromatic carbocycles. The summed E-state index contributed by atoms with van der Waals surface area (Å²) in [6.45, 7) is 0.260. The predicted molar refractivity (Wildman–Crippen MR) is 82.0 cm³/mol. The molecule has 0 radical (unpaired) electrons. The van der Waals surface area contributed by atoms with Gasteiger partial charge in [0.2, 0.25) is 0 Å². The molecule has 3 rings (SSSR count). The van der Waals surface area contributed by atoms with Gasteiger partial charge in [-0.1, -0.05) is 18.2 Å². The quantitative estimate of drug-likeness (QED) is 0.910. The average Bonchev–Trinajstić information content (AvgIpc) is 2.55. The Bertz CT molecular complexity index is 628. The molecule has 0 bridgehead atoms. The van der Waals surface area contributed by atoms with Crippen molar-refractivity contribution in [2.45, 2.75) is 31.7 Å². The van der Waals surface area contributed by atoms with Gasteiger partial charge in [0.1, 0.15) is 0 Å². The van der Waals surface area contributed by atoms with Gasteiger partial charge in [0, 0.05) is 24.2 Å². The molecule has 0 atom stereocenters. The third-order valence-electron chi connectivity index (χ3n) is 4.33. The van der Waals surface area contributed by atoms with E-state index in [1.807, 2.05) is 24.3 Å². The highest BCUT2D eigenvalue weighted by atomic mass is 16.3. The fraction of sp³-hybridized carbons (Fsp3) is 0.412. The van der Waals surface area contributed by atoms with E-state index in [2.05, 4.69) is 10.3 Å². The molecule has 1 amide bonds. The van der Waals surface area contributed by atoms with Crippen LogP contribution >= 0.6 is 0 Å². The van der Waals surface area contributed by atoms with Gasteiger partial charge in [-0.25, -0.2) is 0 Å². The van der Waals surface area contributed by atoms with Crippen LogP contribution in [0, 0.1) is 5.92 Å². The number of carbonyl (C=O) groups is 1. The summed E-state index contributed by atoms with van der Waals surface area (Å²) in [7, 11) is 0. The van der Waals surface area contributed by atoms with Crippen LogP contribution in [0.3, 0.4) is 0 Å². The lowest BCUT2D eigenvalue weighted by molar-refractivity contribution is 0.0915. The van der Waals surface area contributed by atoms with Crippen molar-refractivity contribution in [1.82, 2.24) is 10.3 Å². The van der Waals surface area contributed by atoms with E-state index in [-0.39, 0.29) is 18.6 Å². The summed E-state index contributed by atoms with van der Waals surface area (Å²) in [5.41, 5.74) is 1.53. The number of aliphatic hydroxyl groups is 1. The third-order valence-corrected chi connectivity index (χ3v) is 4.33. The van der Waals surface area contributed by atoms with Crippen molar-refractivity contribution >= 4 is 16.8 Å². The minimum atomic E-state index is -0.0268. The van der Waals surface area contributed by atoms with Crippen molar-refractivity contribution in [3.63, 3.8) is 0 Å². The van der Waals surface area contributed by atoms with Crippen molar-refractivity contribution in [3.8, 4) is 0 Å². The number of nitrogens with zero attached hydrogens (tertiary/aromatic N) is 1. The number of hydrogen-bond donors (Lipinski definition) is 2. The maximum Gasteiger partial charge on any atom is 0.252 e. The highest BCUT2D eigenvalue weighted by Gasteiger charge is 2.22. The van der Waals surface area contributed by atoms with E-state index in [1.54, 1.807) is 12.3 Å². The SMILES string of the molecule is O=C(NC1CCC(CO)CC1)c1ccnc2ccccc12. The van der Waals surface area contributed by atoms with Gasteiger partial charge < -0.3 is 10.4 Å². The van der Waals surface area contributed by atoms with Crippen LogP contribution in [0.2, 0.25) is 0 Å². The Morgan fingerprint density at radius 2 is 1.95 bits per heavy atom. The molecule has 2 N–H and O–H groups in total. The Kier molecular flexibility index (Phi) is 4.15. The molecule has 1 saturated carbocycles. The Morgan fingerprint density at radius 1 is 1.19 bits per heavy atom. The molecular formula is C17H20N2O2. The second-order valence-corrected chi connectivity index (χ2v) is 5.75. The van der Waals surface area contributed by atoms with Crippen molar-refractivity contribution in [2.24, 2.45) is 5.92 Å². The van der Waals surface area contributed by atoms with E-state index in [0.29, 0.717) is 11.5 Å². The summed E-state index contributed by atoms with van der Waals surface area (Å²) in [6.07, 6.45) is 5.54. The van der Waals surface area contributed by atoms with Crippen molar-refractivity contribution < 1.29 is 9.90 Å². The van der Waals surface area contributed by atoms with Crippen LogP contribution in [0.5, 0.6) is 0 Å². The highest BCUT2D eigenvalue weighted by Crippen LogP contribution is 2.24. The van der Waals surface area contributed by atoms with E-state index in [1.165, 1.54) is 0 Å². The molecule has 1 aliphatic rings. The van der Waals surface area contributed by atoms with E-state index in [4.69, 9.17) is 5.11 Å². The van der Waals surface area contributed by atoms with Crippen LogP contribution in [-0.4, -0.2) is 28.6 Å². The monoisotopic (exact) mass is 284 g/mol. The lowest BCUT2D eigenvalue weighted by atomic mass is 9.86. The molecule has 21 heavy (non-hydrogen) atoms. The first-order chi connectivity index (χ1) is 10.3. The molecule has 1 aromatic heterocycles. The minimum Gasteiger partial charge on any atom is -0.396 e. The Hall–Kier alpha value is -1.94. The number of amides is 1. The topological polar surface area (TPSA) is 62.2 Å². The maximum atomic E-state index is 12.5. The molecule has 1 fully saturated rings. The van der Waals surface area contributed by atoms with Crippen LogP contribution in [0.1, 0.15) is 36.0 Å². The maximum absolute atomic E-state index is 12.5. The lowest BCUT2D eigenvalue weighted by Gasteiger charge is -2.28. The second-order valence-electron chi connectivity index (χ2n) is 5.75. The van der Waals surface area contributed by atoms with Gasteiger partial charge in [-0.3, -0.25) is 9.78 Å². The first-order valence-corrected chi connectivity index (χ1v) is 7.53. The zero-order chi connectivity index (χ0) is 14.7. The average molecular weight is 284 g/mol. The number of pyridine rings is 1. The van der Waals surface area contributed by atoms with Crippen molar-refractivity contribution in [1.29, 1.82) is 0 Å². The highest BCUT2D eigenvalue weighted by molar-refractivity contribution is 6.06. The van der Waals surface area contributed by atoms with Crippen LogP contribution in [0.15, 0.2) is 36.5 Å². The number of fused-ring (bicyclic) bond motifs is 1. The van der Waals surface area contributed by atoms with Gasteiger partial charge in [-0.15, -0.1) is 0 Å². The number of nitrogens with one attached hydrogen (secondary N) is 1. The summed E-state index contributed by atoms with van der Waals surface area (Å²) in [5.74, 6) is 0.376. The summed E-state index contributed by atoms with van der Waals surface area (Å²) in [6, 6.07) is 9.68.